The first-order valence-corrected chi connectivity index (χ1v) is 6.90. The smallest absolute Gasteiger partial charge is 0.0550 e. The van der Waals surface area contributed by atoms with Gasteiger partial charge in [-0.05, 0) is 24.0 Å². The Labute approximate surface area is 115 Å². The van der Waals surface area contributed by atoms with Crippen LogP contribution in [0.5, 0.6) is 0 Å². The summed E-state index contributed by atoms with van der Waals surface area (Å²) in [5.74, 6) is 0.631. The normalized spacial score (nSPS) is 12.1. The standard InChI is InChI=1S/C15H23ClO2/c1-12(2)6-5-9-15(10-17,11-18)13-7-3-4-8-14(13)16/h3-4,7-8,12,17-18H,5-6,9-11H2,1-2H3. The van der Waals surface area contributed by atoms with E-state index in [-0.39, 0.29) is 13.2 Å². The molecule has 0 spiro atoms. The van der Waals surface area contributed by atoms with Gasteiger partial charge >= 0.3 is 0 Å². The molecule has 1 aromatic rings. The Morgan fingerprint density at radius 2 is 1.78 bits per heavy atom. The van der Waals surface area contributed by atoms with Crippen molar-refractivity contribution in [2.24, 2.45) is 5.92 Å². The number of halogens is 1. The van der Waals surface area contributed by atoms with E-state index in [0.29, 0.717) is 10.9 Å². The fraction of sp³-hybridized carbons (Fsp3) is 0.600. The molecule has 18 heavy (non-hydrogen) atoms. The van der Waals surface area contributed by atoms with E-state index in [4.69, 9.17) is 11.6 Å². The Morgan fingerprint density at radius 3 is 2.28 bits per heavy atom. The summed E-state index contributed by atoms with van der Waals surface area (Å²) in [6, 6.07) is 7.45. The number of aliphatic hydroxyl groups is 2. The van der Waals surface area contributed by atoms with Gasteiger partial charge < -0.3 is 10.2 Å². The van der Waals surface area contributed by atoms with E-state index in [2.05, 4.69) is 13.8 Å². The zero-order valence-electron chi connectivity index (χ0n) is 11.2. The van der Waals surface area contributed by atoms with Crippen LogP contribution in [0, 0.1) is 5.92 Å². The second kappa shape index (κ2) is 7.13. The fourth-order valence-electron chi connectivity index (χ4n) is 2.25. The highest BCUT2D eigenvalue weighted by Gasteiger charge is 2.32. The molecule has 0 fully saturated rings. The zero-order chi connectivity index (χ0) is 13.6. The maximum Gasteiger partial charge on any atom is 0.0550 e. The first-order chi connectivity index (χ1) is 8.55. The largest absolute Gasteiger partial charge is 0.395 e. The molecule has 1 aromatic carbocycles. The Balaban J connectivity index is 2.89. The number of benzene rings is 1. The van der Waals surface area contributed by atoms with Crippen molar-refractivity contribution in [3.8, 4) is 0 Å². The van der Waals surface area contributed by atoms with E-state index in [1.165, 1.54) is 0 Å². The van der Waals surface area contributed by atoms with Gasteiger partial charge in [-0.1, -0.05) is 56.5 Å². The molecular weight excluding hydrogens is 248 g/mol. The highest BCUT2D eigenvalue weighted by atomic mass is 35.5. The number of hydrogen-bond acceptors (Lipinski definition) is 2. The topological polar surface area (TPSA) is 40.5 Å². The number of rotatable bonds is 7. The summed E-state index contributed by atoms with van der Waals surface area (Å²) < 4.78 is 0. The Kier molecular flexibility index (Phi) is 6.13. The number of aliphatic hydroxyl groups excluding tert-OH is 2. The van der Waals surface area contributed by atoms with Gasteiger partial charge in [-0.25, -0.2) is 0 Å². The van der Waals surface area contributed by atoms with Gasteiger partial charge in [0.2, 0.25) is 0 Å². The molecule has 0 aliphatic heterocycles. The molecule has 0 aliphatic rings. The molecule has 0 amide bonds. The third-order valence-corrected chi connectivity index (χ3v) is 3.82. The Morgan fingerprint density at radius 1 is 1.17 bits per heavy atom. The molecular formula is C15H23ClO2. The lowest BCUT2D eigenvalue weighted by atomic mass is 9.77. The minimum atomic E-state index is -0.618. The maximum absolute atomic E-state index is 9.70. The minimum absolute atomic E-state index is 0.0780. The summed E-state index contributed by atoms with van der Waals surface area (Å²) in [4.78, 5) is 0. The van der Waals surface area contributed by atoms with E-state index < -0.39 is 5.41 Å². The van der Waals surface area contributed by atoms with Gasteiger partial charge in [0.05, 0.1) is 13.2 Å². The molecule has 0 radical (unpaired) electrons. The average molecular weight is 271 g/mol. The van der Waals surface area contributed by atoms with Gasteiger partial charge in [0.1, 0.15) is 0 Å². The van der Waals surface area contributed by atoms with Crippen LogP contribution >= 0.6 is 11.6 Å². The third-order valence-electron chi connectivity index (χ3n) is 3.49. The van der Waals surface area contributed by atoms with E-state index in [1.54, 1.807) is 6.07 Å². The van der Waals surface area contributed by atoms with Gasteiger partial charge in [-0.3, -0.25) is 0 Å². The van der Waals surface area contributed by atoms with Crippen LogP contribution in [0.15, 0.2) is 24.3 Å². The molecule has 2 nitrogen and oxygen atoms in total. The minimum Gasteiger partial charge on any atom is -0.395 e. The maximum atomic E-state index is 9.70. The van der Waals surface area contributed by atoms with Crippen molar-refractivity contribution in [2.75, 3.05) is 13.2 Å². The monoisotopic (exact) mass is 270 g/mol. The van der Waals surface area contributed by atoms with Crippen LogP contribution in [-0.4, -0.2) is 23.4 Å². The van der Waals surface area contributed by atoms with Gasteiger partial charge in [-0.2, -0.15) is 0 Å². The quantitative estimate of drug-likeness (QED) is 0.797. The molecule has 0 aliphatic carbocycles. The lowest BCUT2D eigenvalue weighted by Crippen LogP contribution is -2.35. The number of hydrogen-bond donors (Lipinski definition) is 2. The van der Waals surface area contributed by atoms with E-state index in [9.17, 15) is 10.2 Å². The average Bonchev–Trinajstić information content (AvgIpc) is 2.36. The Bertz CT molecular complexity index is 359. The predicted octanol–water partition coefficient (Wildman–Crippen LogP) is 3.39. The molecule has 0 heterocycles. The molecule has 3 heteroatoms. The van der Waals surface area contributed by atoms with Crippen molar-refractivity contribution in [1.82, 2.24) is 0 Å². The molecule has 0 saturated heterocycles. The van der Waals surface area contributed by atoms with Crippen LogP contribution in [0.4, 0.5) is 0 Å². The van der Waals surface area contributed by atoms with Crippen molar-refractivity contribution in [1.29, 1.82) is 0 Å². The second-order valence-corrected chi connectivity index (χ2v) is 5.77. The van der Waals surface area contributed by atoms with Crippen molar-refractivity contribution >= 4 is 11.6 Å². The van der Waals surface area contributed by atoms with Crippen molar-refractivity contribution in [3.63, 3.8) is 0 Å². The Hall–Kier alpha value is -0.570. The predicted molar refractivity (Wildman–Crippen MR) is 76.0 cm³/mol. The lowest BCUT2D eigenvalue weighted by Gasteiger charge is -2.31. The van der Waals surface area contributed by atoms with Gasteiger partial charge in [-0.15, -0.1) is 0 Å². The first kappa shape index (κ1) is 15.5. The molecule has 1 rings (SSSR count). The zero-order valence-corrected chi connectivity index (χ0v) is 12.0. The molecule has 0 aromatic heterocycles. The summed E-state index contributed by atoms with van der Waals surface area (Å²) in [5.41, 5.74) is 0.230. The second-order valence-electron chi connectivity index (χ2n) is 5.36. The molecule has 0 bridgehead atoms. The SMILES string of the molecule is CC(C)CCCC(CO)(CO)c1ccccc1Cl. The fourth-order valence-corrected chi connectivity index (χ4v) is 2.59. The lowest BCUT2D eigenvalue weighted by molar-refractivity contribution is 0.106. The molecule has 0 atom stereocenters. The van der Waals surface area contributed by atoms with Crippen LogP contribution in [-0.2, 0) is 5.41 Å². The molecule has 2 N–H and O–H groups in total. The van der Waals surface area contributed by atoms with Crippen LogP contribution < -0.4 is 0 Å². The van der Waals surface area contributed by atoms with Gasteiger partial charge in [0.15, 0.2) is 0 Å². The molecule has 102 valence electrons. The summed E-state index contributed by atoms with van der Waals surface area (Å²) in [6.45, 7) is 4.20. The van der Waals surface area contributed by atoms with Crippen LogP contribution in [0.1, 0.15) is 38.7 Å². The van der Waals surface area contributed by atoms with Crippen LogP contribution in [0.25, 0.3) is 0 Å². The van der Waals surface area contributed by atoms with Gasteiger partial charge in [0, 0.05) is 10.4 Å². The highest BCUT2D eigenvalue weighted by molar-refractivity contribution is 6.31. The van der Waals surface area contributed by atoms with E-state index in [1.807, 2.05) is 18.2 Å². The first-order valence-electron chi connectivity index (χ1n) is 6.52. The van der Waals surface area contributed by atoms with E-state index >= 15 is 0 Å². The molecule has 0 unspecified atom stereocenters. The van der Waals surface area contributed by atoms with E-state index in [0.717, 1.165) is 24.8 Å². The molecule has 0 saturated carbocycles. The van der Waals surface area contributed by atoms with Crippen molar-refractivity contribution in [2.45, 2.75) is 38.5 Å². The van der Waals surface area contributed by atoms with Crippen molar-refractivity contribution < 1.29 is 10.2 Å². The summed E-state index contributed by atoms with van der Waals surface area (Å²) in [6.07, 6.45) is 2.82. The van der Waals surface area contributed by atoms with Crippen LogP contribution in [0.3, 0.4) is 0 Å². The van der Waals surface area contributed by atoms with Gasteiger partial charge in [0.25, 0.3) is 0 Å². The summed E-state index contributed by atoms with van der Waals surface area (Å²) in [7, 11) is 0. The summed E-state index contributed by atoms with van der Waals surface area (Å²) in [5, 5.41) is 20.0. The van der Waals surface area contributed by atoms with Crippen molar-refractivity contribution in [3.05, 3.63) is 34.9 Å². The van der Waals surface area contributed by atoms with Crippen LogP contribution in [0.2, 0.25) is 5.02 Å². The third kappa shape index (κ3) is 3.71. The summed E-state index contributed by atoms with van der Waals surface area (Å²) >= 11 is 6.19. The highest BCUT2D eigenvalue weighted by Crippen LogP contribution is 2.34.